The van der Waals surface area contributed by atoms with Gasteiger partial charge >= 0.3 is 0 Å². The maximum Gasteiger partial charge on any atom is 0.0354 e. The highest BCUT2D eigenvalue weighted by molar-refractivity contribution is 7.07. The van der Waals surface area contributed by atoms with E-state index in [4.69, 9.17) is 0 Å². The average molecular weight is 265 g/mol. The first-order chi connectivity index (χ1) is 8.85. The lowest BCUT2D eigenvalue weighted by Gasteiger charge is -2.33. The van der Waals surface area contributed by atoms with E-state index in [0.717, 1.165) is 11.8 Å². The Kier molecular flexibility index (Phi) is 5.71. The Morgan fingerprint density at radius 1 is 1.33 bits per heavy atom. The van der Waals surface area contributed by atoms with Crippen molar-refractivity contribution in [1.82, 2.24) is 5.32 Å². The summed E-state index contributed by atoms with van der Waals surface area (Å²) in [7, 11) is 2.12. The van der Waals surface area contributed by atoms with Gasteiger partial charge in [-0.15, -0.1) is 0 Å². The summed E-state index contributed by atoms with van der Waals surface area (Å²) in [6.45, 7) is 2.30. The monoisotopic (exact) mass is 265 g/mol. The lowest BCUT2D eigenvalue weighted by molar-refractivity contribution is 0.218. The molecule has 1 aromatic rings. The Bertz CT molecular complexity index is 312. The maximum atomic E-state index is 3.54. The van der Waals surface area contributed by atoms with Crippen molar-refractivity contribution < 1.29 is 0 Å². The smallest absolute Gasteiger partial charge is 0.0354 e. The van der Waals surface area contributed by atoms with Crippen LogP contribution >= 0.6 is 11.3 Å². The molecule has 0 aliphatic heterocycles. The maximum absolute atomic E-state index is 3.54. The lowest BCUT2D eigenvalue weighted by atomic mass is 9.76. The van der Waals surface area contributed by atoms with E-state index in [1.165, 1.54) is 50.5 Å². The van der Waals surface area contributed by atoms with E-state index in [9.17, 15) is 0 Å². The summed E-state index contributed by atoms with van der Waals surface area (Å²) in [6, 6.07) is 2.87. The fourth-order valence-electron chi connectivity index (χ4n) is 3.43. The van der Waals surface area contributed by atoms with Crippen molar-refractivity contribution in [1.29, 1.82) is 0 Å². The van der Waals surface area contributed by atoms with E-state index < -0.39 is 0 Å². The van der Waals surface area contributed by atoms with E-state index >= 15 is 0 Å². The molecule has 0 amide bonds. The van der Waals surface area contributed by atoms with Gasteiger partial charge in [-0.3, -0.25) is 0 Å². The number of nitrogens with one attached hydrogen (secondary N) is 1. The second kappa shape index (κ2) is 7.30. The minimum atomic E-state index is 0.586. The molecular weight excluding hydrogens is 238 g/mol. The topological polar surface area (TPSA) is 12.0 Å². The second-order valence-electron chi connectivity index (χ2n) is 5.75. The first-order valence-corrected chi connectivity index (χ1v) is 8.48. The molecule has 0 spiro atoms. The summed E-state index contributed by atoms with van der Waals surface area (Å²) < 4.78 is 0. The van der Waals surface area contributed by atoms with Crippen molar-refractivity contribution in [3.8, 4) is 0 Å². The number of thiophene rings is 1. The molecule has 2 heteroatoms. The molecule has 1 unspecified atom stereocenters. The van der Waals surface area contributed by atoms with Gasteiger partial charge in [0.2, 0.25) is 0 Å². The normalized spacial score (nSPS) is 26.1. The van der Waals surface area contributed by atoms with Crippen LogP contribution in [0.25, 0.3) is 0 Å². The SMILES string of the molecule is CCCCC1CCC(C(NC)c2ccsc2)CC1. The summed E-state index contributed by atoms with van der Waals surface area (Å²) in [5.74, 6) is 1.86. The summed E-state index contributed by atoms with van der Waals surface area (Å²) in [5.41, 5.74) is 1.50. The van der Waals surface area contributed by atoms with Gasteiger partial charge in [0.25, 0.3) is 0 Å². The second-order valence-corrected chi connectivity index (χ2v) is 6.53. The third-order valence-corrected chi connectivity index (χ3v) is 5.24. The molecule has 0 aromatic carbocycles. The van der Waals surface area contributed by atoms with Gasteiger partial charge in [0.05, 0.1) is 0 Å². The van der Waals surface area contributed by atoms with Gasteiger partial charge < -0.3 is 5.32 Å². The van der Waals surface area contributed by atoms with Gasteiger partial charge in [0.15, 0.2) is 0 Å². The standard InChI is InChI=1S/C16H27NS/c1-3-4-5-13-6-8-14(9-7-13)16(17-2)15-10-11-18-12-15/h10-14,16-17H,3-9H2,1-2H3. The predicted octanol–water partition coefficient (Wildman–Crippen LogP) is 5.01. The van der Waals surface area contributed by atoms with Crippen molar-refractivity contribution in [3.63, 3.8) is 0 Å². The van der Waals surface area contributed by atoms with E-state index in [2.05, 4.69) is 36.1 Å². The fourth-order valence-corrected chi connectivity index (χ4v) is 4.13. The van der Waals surface area contributed by atoms with Crippen molar-refractivity contribution >= 4 is 11.3 Å². The molecule has 1 saturated carbocycles. The molecule has 2 rings (SSSR count). The highest BCUT2D eigenvalue weighted by atomic mass is 32.1. The minimum absolute atomic E-state index is 0.586. The van der Waals surface area contributed by atoms with Crippen LogP contribution in [-0.4, -0.2) is 7.05 Å². The van der Waals surface area contributed by atoms with Crippen LogP contribution in [0.4, 0.5) is 0 Å². The fraction of sp³-hybridized carbons (Fsp3) is 0.750. The molecule has 1 aliphatic rings. The van der Waals surface area contributed by atoms with Crippen molar-refractivity contribution in [2.24, 2.45) is 11.8 Å². The van der Waals surface area contributed by atoms with Crippen LogP contribution in [0.2, 0.25) is 0 Å². The highest BCUT2D eigenvalue weighted by Crippen LogP contribution is 2.38. The first-order valence-electron chi connectivity index (χ1n) is 7.54. The van der Waals surface area contributed by atoms with Crippen LogP contribution in [0.15, 0.2) is 16.8 Å². The Morgan fingerprint density at radius 2 is 2.11 bits per heavy atom. The summed E-state index contributed by atoms with van der Waals surface area (Å²) >= 11 is 1.82. The van der Waals surface area contributed by atoms with E-state index in [1.54, 1.807) is 0 Å². The molecular formula is C16H27NS. The molecule has 102 valence electrons. The zero-order chi connectivity index (χ0) is 12.8. The molecule has 1 nitrogen and oxygen atoms in total. The molecule has 1 heterocycles. The summed E-state index contributed by atoms with van der Waals surface area (Å²) in [6.07, 6.45) is 9.97. The van der Waals surface area contributed by atoms with Gasteiger partial charge in [0, 0.05) is 6.04 Å². The van der Waals surface area contributed by atoms with Crippen molar-refractivity contribution in [3.05, 3.63) is 22.4 Å². The summed E-state index contributed by atoms with van der Waals surface area (Å²) in [5, 5.41) is 8.05. The van der Waals surface area contributed by atoms with Crippen LogP contribution in [-0.2, 0) is 0 Å². The van der Waals surface area contributed by atoms with Crippen LogP contribution in [0, 0.1) is 11.8 Å². The number of rotatable bonds is 6. The Labute approximate surface area is 116 Å². The Hall–Kier alpha value is -0.340. The Morgan fingerprint density at radius 3 is 2.67 bits per heavy atom. The average Bonchev–Trinajstić information content (AvgIpc) is 2.93. The lowest BCUT2D eigenvalue weighted by Crippen LogP contribution is -2.28. The van der Waals surface area contributed by atoms with Gasteiger partial charge in [-0.25, -0.2) is 0 Å². The van der Waals surface area contributed by atoms with Gasteiger partial charge in [-0.1, -0.05) is 39.0 Å². The van der Waals surface area contributed by atoms with Gasteiger partial charge in [-0.05, 0) is 54.1 Å². The molecule has 0 radical (unpaired) electrons. The molecule has 1 aromatic heterocycles. The predicted molar refractivity (Wildman–Crippen MR) is 81.1 cm³/mol. The molecule has 0 bridgehead atoms. The molecule has 1 N–H and O–H groups in total. The first kappa shape index (κ1) is 14.1. The van der Waals surface area contributed by atoms with Gasteiger partial charge in [0.1, 0.15) is 0 Å². The molecule has 1 aliphatic carbocycles. The Balaban J connectivity index is 1.84. The summed E-state index contributed by atoms with van der Waals surface area (Å²) in [4.78, 5) is 0. The van der Waals surface area contributed by atoms with Crippen LogP contribution in [0.5, 0.6) is 0 Å². The van der Waals surface area contributed by atoms with Crippen LogP contribution in [0.1, 0.15) is 63.5 Å². The molecule has 18 heavy (non-hydrogen) atoms. The van der Waals surface area contributed by atoms with E-state index in [1.807, 2.05) is 11.3 Å². The van der Waals surface area contributed by atoms with E-state index in [-0.39, 0.29) is 0 Å². The third kappa shape index (κ3) is 3.58. The van der Waals surface area contributed by atoms with Crippen molar-refractivity contribution in [2.45, 2.75) is 57.9 Å². The van der Waals surface area contributed by atoms with Crippen LogP contribution < -0.4 is 5.32 Å². The number of hydrogen-bond acceptors (Lipinski definition) is 2. The zero-order valence-corrected chi connectivity index (χ0v) is 12.6. The van der Waals surface area contributed by atoms with Crippen LogP contribution in [0.3, 0.4) is 0 Å². The molecule has 1 atom stereocenters. The van der Waals surface area contributed by atoms with E-state index in [0.29, 0.717) is 6.04 Å². The quantitative estimate of drug-likeness (QED) is 0.762. The molecule has 0 saturated heterocycles. The zero-order valence-electron chi connectivity index (χ0n) is 11.8. The number of unbranched alkanes of at least 4 members (excludes halogenated alkanes) is 1. The minimum Gasteiger partial charge on any atom is -0.313 e. The molecule has 1 fully saturated rings. The third-order valence-electron chi connectivity index (χ3n) is 4.54. The van der Waals surface area contributed by atoms with Gasteiger partial charge in [-0.2, -0.15) is 11.3 Å². The highest BCUT2D eigenvalue weighted by Gasteiger charge is 2.27. The number of hydrogen-bond donors (Lipinski definition) is 1. The van der Waals surface area contributed by atoms with Crippen molar-refractivity contribution in [2.75, 3.05) is 7.05 Å². The largest absolute Gasteiger partial charge is 0.313 e.